The normalized spacial score (nSPS) is 23.8. The molecule has 2 aliphatic heterocycles. The van der Waals surface area contributed by atoms with Crippen LogP contribution in [0.2, 0.25) is 0 Å². The fourth-order valence-corrected chi connectivity index (χ4v) is 7.13. The average molecular weight is 729 g/mol. The van der Waals surface area contributed by atoms with Crippen molar-refractivity contribution in [2.45, 2.75) is 76.4 Å². The lowest BCUT2D eigenvalue weighted by Crippen LogP contribution is -2.49. The van der Waals surface area contributed by atoms with Crippen molar-refractivity contribution in [1.82, 2.24) is 19.7 Å². The first-order valence-corrected chi connectivity index (χ1v) is 18.1. The Kier molecular flexibility index (Phi) is 12.3. The number of anilines is 1. The van der Waals surface area contributed by atoms with Crippen molar-refractivity contribution in [3.05, 3.63) is 54.5 Å². The van der Waals surface area contributed by atoms with Crippen LogP contribution in [0, 0.1) is 17.2 Å². The summed E-state index contributed by atoms with van der Waals surface area (Å²) in [7, 11) is -4.55. The number of fused-ring (bicyclic) bond motifs is 1. The lowest BCUT2D eigenvalue weighted by atomic mass is 9.95. The van der Waals surface area contributed by atoms with Crippen molar-refractivity contribution in [3.63, 3.8) is 0 Å². The third-order valence-electron chi connectivity index (χ3n) is 8.41. The maximum absolute atomic E-state index is 14.5. The van der Waals surface area contributed by atoms with Gasteiger partial charge in [0.05, 0.1) is 12.3 Å². The van der Waals surface area contributed by atoms with E-state index in [1.807, 2.05) is 6.07 Å². The number of nitriles is 1. The molecule has 1 unspecified atom stereocenters. The first-order valence-electron chi connectivity index (χ1n) is 16.6. The Hall–Kier alpha value is -4.59. The predicted molar refractivity (Wildman–Crippen MR) is 178 cm³/mol. The van der Waals surface area contributed by atoms with E-state index in [0.717, 1.165) is 12.8 Å². The van der Waals surface area contributed by atoms with Gasteiger partial charge in [0.15, 0.2) is 18.0 Å². The van der Waals surface area contributed by atoms with E-state index in [9.17, 15) is 24.2 Å². The minimum absolute atomic E-state index is 0.0513. The van der Waals surface area contributed by atoms with Crippen LogP contribution in [0.25, 0.3) is 5.52 Å². The number of carbonyl (C=O) groups excluding carboxylic acids is 3. The van der Waals surface area contributed by atoms with Crippen molar-refractivity contribution in [2.75, 3.05) is 32.2 Å². The number of nitrogen functional groups attached to an aromatic ring is 1. The highest BCUT2D eigenvalue weighted by Crippen LogP contribution is 2.50. The molecule has 6 atom stereocenters. The first kappa shape index (κ1) is 37.7. The van der Waals surface area contributed by atoms with Gasteiger partial charge in [-0.05, 0) is 49.9 Å². The van der Waals surface area contributed by atoms with Gasteiger partial charge < -0.3 is 33.9 Å². The summed E-state index contributed by atoms with van der Waals surface area (Å²) in [5.41, 5.74) is 4.49. The summed E-state index contributed by atoms with van der Waals surface area (Å²) in [6, 6.07) is 12.0. The van der Waals surface area contributed by atoms with E-state index in [1.165, 1.54) is 29.9 Å². The Morgan fingerprint density at radius 2 is 1.82 bits per heavy atom. The number of nitrogens with two attached hydrogens (primary N) is 1. The molecule has 2 saturated heterocycles. The second-order valence-electron chi connectivity index (χ2n) is 12.0. The summed E-state index contributed by atoms with van der Waals surface area (Å²) < 4.78 is 56.2. The van der Waals surface area contributed by atoms with Crippen LogP contribution < -0.4 is 15.3 Å². The lowest BCUT2D eigenvalue weighted by Gasteiger charge is -2.30. The number of esters is 3. The van der Waals surface area contributed by atoms with Gasteiger partial charge in [0.2, 0.25) is 5.60 Å². The standard InChI is InChI=1S/C33H41N6O11P/c1-4-26(40)47-29-28(24-11-12-25-31(35)36-20-37-39(24)25)49-33(18-34,30(29)48-27(41)5-2)19-46-51(43,50-23-9-7-6-8-10-23)38-21(3)32(42)45-17-22-13-15-44-16-14-22/h6-12,20-22,28-30H,4-5,13-17,19H2,1-3H3,(H,38,43)(H2,35,36,37)/t21-,28-,29+,30-,33+,51?/m0/s1. The number of ether oxygens (including phenoxy) is 5. The number of benzene rings is 1. The van der Waals surface area contributed by atoms with Gasteiger partial charge in [-0.2, -0.15) is 15.4 Å². The van der Waals surface area contributed by atoms with Gasteiger partial charge in [-0.15, -0.1) is 0 Å². The predicted octanol–water partition coefficient (Wildman–Crippen LogP) is 3.44. The van der Waals surface area contributed by atoms with Gasteiger partial charge in [0.1, 0.15) is 42.4 Å². The Balaban J connectivity index is 1.47. The highest BCUT2D eigenvalue weighted by atomic mass is 31.2. The first-order chi connectivity index (χ1) is 24.5. The lowest BCUT2D eigenvalue weighted by molar-refractivity contribution is -0.169. The topological polar surface area (TPSA) is 225 Å². The molecule has 2 aromatic heterocycles. The Labute approximate surface area is 294 Å². The average Bonchev–Trinajstić information content (AvgIpc) is 3.70. The maximum atomic E-state index is 14.5. The van der Waals surface area contributed by atoms with Crippen LogP contribution in [0.3, 0.4) is 0 Å². The second kappa shape index (κ2) is 16.6. The molecule has 0 bridgehead atoms. The van der Waals surface area contributed by atoms with E-state index in [2.05, 4.69) is 15.2 Å². The van der Waals surface area contributed by atoms with Crippen LogP contribution in [0.15, 0.2) is 48.8 Å². The summed E-state index contributed by atoms with van der Waals surface area (Å²) in [5.74, 6) is -1.74. The summed E-state index contributed by atoms with van der Waals surface area (Å²) in [6.45, 7) is 4.99. The fourth-order valence-electron chi connectivity index (χ4n) is 5.61. The zero-order valence-electron chi connectivity index (χ0n) is 28.5. The second-order valence-corrected chi connectivity index (χ2v) is 13.7. The Bertz CT molecular complexity index is 1780. The van der Waals surface area contributed by atoms with Gasteiger partial charge in [-0.25, -0.2) is 14.1 Å². The fraction of sp³-hybridized carbons (Fsp3) is 0.515. The van der Waals surface area contributed by atoms with Crippen molar-refractivity contribution in [1.29, 1.82) is 5.26 Å². The number of nitrogens with one attached hydrogen (secondary N) is 1. The van der Waals surface area contributed by atoms with Gasteiger partial charge in [0, 0.05) is 26.1 Å². The highest BCUT2D eigenvalue weighted by Gasteiger charge is 2.62. The summed E-state index contributed by atoms with van der Waals surface area (Å²) in [5, 5.41) is 17.6. The Morgan fingerprint density at radius 1 is 1.12 bits per heavy atom. The van der Waals surface area contributed by atoms with Gasteiger partial charge >= 0.3 is 25.7 Å². The van der Waals surface area contributed by atoms with Crippen LogP contribution in [0.4, 0.5) is 5.82 Å². The SMILES string of the molecule is CCC(=O)O[C@@H]1[C@H](c2ccc3c(N)ncnn23)O[C@](C#N)(COP(=O)(N[C@@H](C)C(=O)OCC2CCOCC2)Oc2ccccc2)[C@H]1OC(=O)CC. The maximum Gasteiger partial charge on any atom is 0.459 e. The van der Waals surface area contributed by atoms with Crippen molar-refractivity contribution >= 4 is 37.0 Å². The number of carbonyl (C=O) groups is 3. The number of nitrogens with zero attached hydrogens (tertiary/aromatic N) is 4. The highest BCUT2D eigenvalue weighted by molar-refractivity contribution is 7.52. The molecule has 3 N–H and O–H groups in total. The molecule has 17 nitrogen and oxygen atoms in total. The molecule has 0 radical (unpaired) electrons. The zero-order chi connectivity index (χ0) is 36.6. The molecule has 3 aromatic rings. The van der Waals surface area contributed by atoms with Gasteiger partial charge in [0.25, 0.3) is 0 Å². The molecule has 51 heavy (non-hydrogen) atoms. The third kappa shape index (κ3) is 8.84. The molecule has 1 aromatic carbocycles. The number of hydrogen-bond donors (Lipinski definition) is 2. The van der Waals surface area contributed by atoms with E-state index in [-0.39, 0.29) is 42.6 Å². The van der Waals surface area contributed by atoms with E-state index >= 15 is 0 Å². The molecular weight excluding hydrogens is 687 g/mol. The molecule has 4 heterocycles. The molecule has 2 aliphatic rings. The third-order valence-corrected chi connectivity index (χ3v) is 10.0. The molecular formula is C33H41N6O11P. The van der Waals surface area contributed by atoms with Crippen LogP contribution in [0.1, 0.15) is 58.3 Å². The quantitative estimate of drug-likeness (QED) is 0.130. The number of rotatable bonds is 15. The van der Waals surface area contributed by atoms with E-state index in [4.69, 9.17) is 38.5 Å². The van der Waals surface area contributed by atoms with Crippen LogP contribution in [-0.2, 0) is 47.2 Å². The van der Waals surface area contributed by atoms with Crippen LogP contribution in [0.5, 0.6) is 5.75 Å². The molecule has 18 heteroatoms. The van der Waals surface area contributed by atoms with Gasteiger partial charge in [-0.3, -0.25) is 18.9 Å². The minimum atomic E-state index is -4.55. The molecule has 0 aliphatic carbocycles. The Morgan fingerprint density at radius 3 is 2.51 bits per heavy atom. The summed E-state index contributed by atoms with van der Waals surface area (Å²) in [6.07, 6.45) is -1.71. The minimum Gasteiger partial charge on any atom is -0.464 e. The van der Waals surface area contributed by atoms with Crippen molar-refractivity contribution in [3.8, 4) is 11.8 Å². The number of para-hydroxylation sites is 1. The molecule has 0 amide bonds. The largest absolute Gasteiger partial charge is 0.464 e. The molecule has 274 valence electrons. The molecule has 0 spiro atoms. The molecule has 0 saturated carbocycles. The van der Waals surface area contributed by atoms with Gasteiger partial charge in [-0.1, -0.05) is 32.0 Å². The van der Waals surface area contributed by atoms with Crippen molar-refractivity contribution in [2.24, 2.45) is 5.92 Å². The number of hydrogen-bond acceptors (Lipinski definition) is 15. The van der Waals surface area contributed by atoms with E-state index in [1.54, 1.807) is 44.2 Å². The summed E-state index contributed by atoms with van der Waals surface area (Å²) in [4.78, 5) is 42.6. The smallest absolute Gasteiger partial charge is 0.459 e. The zero-order valence-corrected chi connectivity index (χ0v) is 29.4. The molecule has 5 rings (SSSR count). The number of aromatic nitrogens is 3. The summed E-state index contributed by atoms with van der Waals surface area (Å²) >= 11 is 0. The molecule has 2 fully saturated rings. The van der Waals surface area contributed by atoms with E-state index < -0.39 is 62.2 Å². The van der Waals surface area contributed by atoms with Crippen molar-refractivity contribution < 1.29 is 51.7 Å². The van der Waals surface area contributed by atoms with Crippen LogP contribution in [-0.4, -0.2) is 82.8 Å². The van der Waals surface area contributed by atoms with Crippen LogP contribution >= 0.6 is 7.75 Å². The van der Waals surface area contributed by atoms with E-state index in [0.29, 0.717) is 18.7 Å². The monoisotopic (exact) mass is 728 g/mol.